The number of hydrogen-bond acceptors (Lipinski definition) is 4. The van der Waals surface area contributed by atoms with E-state index in [9.17, 15) is 4.79 Å². The topological polar surface area (TPSA) is 51.7 Å². The fraction of sp³-hybridized carbons (Fsp3) is 0.739. The maximum Gasteiger partial charge on any atom is 0.229 e. The summed E-state index contributed by atoms with van der Waals surface area (Å²) in [5, 5.41) is 0. The Hall–Kier alpha value is -1.62. The average molecular weight is 383 g/mol. The van der Waals surface area contributed by atoms with Crippen LogP contribution in [0.3, 0.4) is 0 Å². The number of carbonyl (C=O) groups excluding carboxylic acids is 1. The van der Waals surface area contributed by atoms with Gasteiger partial charge in [0, 0.05) is 25.1 Å². The highest BCUT2D eigenvalue weighted by Crippen LogP contribution is 2.61. The number of carbonyl (C=O) groups is 1. The van der Waals surface area contributed by atoms with E-state index in [4.69, 9.17) is 9.47 Å². The van der Waals surface area contributed by atoms with E-state index in [0.717, 1.165) is 62.9 Å². The van der Waals surface area contributed by atoms with E-state index in [2.05, 4.69) is 9.88 Å². The smallest absolute Gasteiger partial charge is 0.229 e. The number of pyridine rings is 1. The first-order chi connectivity index (χ1) is 13.6. The number of likely N-dealkylation sites (tertiary alicyclic amines) is 1. The SMILES string of the molecule is O=C(N1CC2(C[C@H](Oc3ccccn3)CCO2)C1)C12CC3CC(CC(C3)C1)C2. The zero-order chi connectivity index (χ0) is 18.8. The van der Waals surface area contributed by atoms with Crippen molar-refractivity contribution in [3.05, 3.63) is 24.4 Å². The quantitative estimate of drug-likeness (QED) is 0.804. The molecule has 1 aromatic heterocycles. The molecule has 4 bridgehead atoms. The lowest BCUT2D eigenvalue weighted by molar-refractivity contribution is -0.205. The second kappa shape index (κ2) is 6.19. The van der Waals surface area contributed by atoms with Crippen molar-refractivity contribution < 1.29 is 14.3 Å². The first-order valence-electron chi connectivity index (χ1n) is 11.1. The van der Waals surface area contributed by atoms with Crippen molar-refractivity contribution in [1.29, 1.82) is 0 Å². The van der Waals surface area contributed by atoms with Gasteiger partial charge in [0.2, 0.25) is 11.8 Å². The predicted molar refractivity (Wildman–Crippen MR) is 104 cm³/mol. The molecule has 2 aliphatic heterocycles. The first-order valence-corrected chi connectivity index (χ1v) is 11.1. The normalized spacial score (nSPS) is 40.4. The van der Waals surface area contributed by atoms with Gasteiger partial charge in [0.05, 0.1) is 25.1 Å². The minimum atomic E-state index is -0.199. The molecule has 1 spiro atoms. The van der Waals surface area contributed by atoms with Crippen LogP contribution >= 0.6 is 0 Å². The lowest BCUT2D eigenvalue weighted by Gasteiger charge is -2.60. The number of ether oxygens (including phenoxy) is 2. The molecule has 4 saturated carbocycles. The van der Waals surface area contributed by atoms with E-state index in [1.165, 1.54) is 19.3 Å². The van der Waals surface area contributed by atoms with Crippen LogP contribution in [0.1, 0.15) is 51.4 Å². The van der Waals surface area contributed by atoms with Crippen molar-refractivity contribution in [1.82, 2.24) is 9.88 Å². The average Bonchev–Trinajstić information content (AvgIpc) is 2.65. The van der Waals surface area contributed by atoms with Crippen LogP contribution in [-0.4, -0.2) is 47.2 Å². The second-order valence-corrected chi connectivity index (χ2v) is 10.3. The van der Waals surface area contributed by atoms with E-state index < -0.39 is 0 Å². The van der Waals surface area contributed by atoms with E-state index in [-0.39, 0.29) is 17.1 Å². The van der Waals surface area contributed by atoms with Crippen molar-refractivity contribution in [2.24, 2.45) is 23.2 Å². The number of rotatable bonds is 3. The Kier molecular flexibility index (Phi) is 3.81. The number of aromatic nitrogens is 1. The molecule has 28 heavy (non-hydrogen) atoms. The third kappa shape index (κ3) is 2.77. The van der Waals surface area contributed by atoms with Gasteiger partial charge in [-0.15, -0.1) is 0 Å². The van der Waals surface area contributed by atoms with Gasteiger partial charge in [-0.1, -0.05) is 6.07 Å². The van der Waals surface area contributed by atoms with Gasteiger partial charge < -0.3 is 14.4 Å². The lowest BCUT2D eigenvalue weighted by Crippen LogP contribution is -2.70. The maximum absolute atomic E-state index is 13.5. The minimum Gasteiger partial charge on any atom is -0.474 e. The van der Waals surface area contributed by atoms with Gasteiger partial charge in [0.25, 0.3) is 0 Å². The summed E-state index contributed by atoms with van der Waals surface area (Å²) >= 11 is 0. The Morgan fingerprint density at radius 2 is 1.79 bits per heavy atom. The van der Waals surface area contributed by atoms with Crippen LogP contribution in [-0.2, 0) is 9.53 Å². The van der Waals surface area contributed by atoms with Gasteiger partial charge in [-0.2, -0.15) is 0 Å². The second-order valence-electron chi connectivity index (χ2n) is 10.3. The number of nitrogens with zero attached hydrogens (tertiary/aromatic N) is 2. The molecule has 0 N–H and O–H groups in total. The molecule has 1 amide bonds. The summed E-state index contributed by atoms with van der Waals surface area (Å²) in [6.45, 7) is 2.20. The van der Waals surface area contributed by atoms with Crippen LogP contribution in [0.25, 0.3) is 0 Å². The third-order valence-corrected chi connectivity index (χ3v) is 8.11. The third-order valence-electron chi connectivity index (χ3n) is 8.11. The highest BCUT2D eigenvalue weighted by atomic mass is 16.5. The molecule has 1 aromatic rings. The molecule has 5 nitrogen and oxygen atoms in total. The van der Waals surface area contributed by atoms with Crippen LogP contribution in [0, 0.1) is 23.2 Å². The molecule has 6 fully saturated rings. The van der Waals surface area contributed by atoms with Crippen LogP contribution in [0.4, 0.5) is 0 Å². The minimum absolute atomic E-state index is 0.0329. The molecular weight excluding hydrogens is 352 g/mol. The molecule has 5 heteroatoms. The molecule has 1 atom stereocenters. The van der Waals surface area contributed by atoms with E-state index in [1.54, 1.807) is 6.20 Å². The molecule has 2 saturated heterocycles. The molecule has 7 rings (SSSR count). The monoisotopic (exact) mass is 382 g/mol. The molecule has 150 valence electrons. The molecule has 0 unspecified atom stereocenters. The molecule has 0 radical (unpaired) electrons. The van der Waals surface area contributed by atoms with E-state index in [0.29, 0.717) is 18.4 Å². The Balaban J connectivity index is 1.11. The maximum atomic E-state index is 13.5. The Morgan fingerprint density at radius 3 is 2.43 bits per heavy atom. The summed E-state index contributed by atoms with van der Waals surface area (Å²) in [4.78, 5) is 19.9. The van der Waals surface area contributed by atoms with Gasteiger partial charge >= 0.3 is 0 Å². The Bertz CT molecular complexity index is 723. The van der Waals surface area contributed by atoms with Gasteiger partial charge in [0.15, 0.2) is 0 Å². The summed E-state index contributed by atoms with van der Waals surface area (Å²) in [7, 11) is 0. The fourth-order valence-corrected chi connectivity index (χ4v) is 7.39. The summed E-state index contributed by atoms with van der Waals surface area (Å²) < 4.78 is 12.3. The Labute approximate surface area is 166 Å². The van der Waals surface area contributed by atoms with Crippen molar-refractivity contribution >= 4 is 5.91 Å². The van der Waals surface area contributed by atoms with Crippen LogP contribution < -0.4 is 4.74 Å². The van der Waals surface area contributed by atoms with E-state index >= 15 is 0 Å². The van der Waals surface area contributed by atoms with Crippen LogP contribution in [0.5, 0.6) is 5.88 Å². The van der Waals surface area contributed by atoms with Crippen LogP contribution in [0.2, 0.25) is 0 Å². The van der Waals surface area contributed by atoms with Crippen molar-refractivity contribution in [3.8, 4) is 5.88 Å². The van der Waals surface area contributed by atoms with Crippen LogP contribution in [0.15, 0.2) is 24.4 Å². The molecule has 6 aliphatic rings. The highest BCUT2D eigenvalue weighted by Gasteiger charge is 2.59. The fourth-order valence-electron chi connectivity index (χ4n) is 7.39. The number of hydrogen-bond donors (Lipinski definition) is 0. The largest absolute Gasteiger partial charge is 0.474 e. The van der Waals surface area contributed by atoms with Gasteiger partial charge in [-0.25, -0.2) is 4.98 Å². The zero-order valence-corrected chi connectivity index (χ0v) is 16.5. The summed E-state index contributed by atoms with van der Waals surface area (Å²) in [5.74, 6) is 3.56. The van der Waals surface area contributed by atoms with E-state index in [1.807, 2.05) is 18.2 Å². The molecule has 3 heterocycles. The predicted octanol–water partition coefficient (Wildman–Crippen LogP) is 3.44. The summed E-state index contributed by atoms with van der Waals surface area (Å²) in [5.41, 5.74) is -0.232. The lowest BCUT2D eigenvalue weighted by atomic mass is 9.49. The highest BCUT2D eigenvalue weighted by molar-refractivity contribution is 5.84. The standard InChI is InChI=1S/C23H30N2O3/c26-21(22-10-16-7-17(11-22)9-18(8-16)12-22)25-14-23(15-25)13-19(4-6-27-23)28-20-3-1-2-5-24-20/h1-3,5,16-19H,4,6-15H2/t16?,17?,18?,19-,22?/m1/s1. The van der Waals surface area contributed by atoms with Gasteiger partial charge in [-0.05, 0) is 62.3 Å². The van der Waals surface area contributed by atoms with Crippen molar-refractivity contribution in [3.63, 3.8) is 0 Å². The molecule has 4 aliphatic carbocycles. The van der Waals surface area contributed by atoms with Crippen molar-refractivity contribution in [2.75, 3.05) is 19.7 Å². The molecular formula is C23H30N2O3. The van der Waals surface area contributed by atoms with Gasteiger partial charge in [0.1, 0.15) is 11.7 Å². The number of amides is 1. The summed E-state index contributed by atoms with van der Waals surface area (Å²) in [6.07, 6.45) is 11.2. The van der Waals surface area contributed by atoms with Crippen molar-refractivity contribution in [2.45, 2.75) is 63.1 Å². The Morgan fingerprint density at radius 1 is 1.07 bits per heavy atom. The zero-order valence-electron chi connectivity index (χ0n) is 16.5. The van der Waals surface area contributed by atoms with Gasteiger partial charge in [-0.3, -0.25) is 4.79 Å². The molecule has 0 aromatic carbocycles. The first kappa shape index (κ1) is 17.3. The summed E-state index contributed by atoms with van der Waals surface area (Å²) in [6, 6.07) is 5.76.